The fourth-order valence-electron chi connectivity index (χ4n) is 2.89. The summed E-state index contributed by atoms with van der Waals surface area (Å²) in [4.78, 5) is 4.74. The van der Waals surface area contributed by atoms with Crippen LogP contribution < -0.4 is 5.43 Å². The van der Waals surface area contributed by atoms with Gasteiger partial charge in [0.1, 0.15) is 0 Å². The van der Waals surface area contributed by atoms with E-state index in [1.165, 1.54) is 29.5 Å². The summed E-state index contributed by atoms with van der Waals surface area (Å²) >= 11 is 1.75. The summed E-state index contributed by atoms with van der Waals surface area (Å²) < 4.78 is 1.26. The molecule has 2 atom stereocenters. The van der Waals surface area contributed by atoms with Crippen LogP contribution in [0.15, 0.2) is 18.2 Å². The molecule has 1 aliphatic heterocycles. The Balaban J connectivity index is 1.86. The Morgan fingerprint density at radius 3 is 2.68 bits per heavy atom. The molecular formula is C15H21N3S. The minimum atomic E-state index is 0.580. The first-order valence-electron chi connectivity index (χ1n) is 7.06. The highest BCUT2D eigenvalue weighted by Crippen LogP contribution is 2.30. The molecular weight excluding hydrogens is 254 g/mol. The third-order valence-corrected chi connectivity index (χ3v) is 4.96. The summed E-state index contributed by atoms with van der Waals surface area (Å²) in [6.45, 7) is 6.71. The van der Waals surface area contributed by atoms with Gasteiger partial charge in [-0.2, -0.15) is 0 Å². The number of fused-ring (bicyclic) bond motifs is 1. The maximum atomic E-state index is 4.74. The van der Waals surface area contributed by atoms with Crippen molar-refractivity contribution < 1.29 is 0 Å². The number of thiazole rings is 1. The van der Waals surface area contributed by atoms with Crippen LogP contribution in [0.2, 0.25) is 0 Å². The predicted octanol–water partition coefficient (Wildman–Crippen LogP) is 4.19. The van der Waals surface area contributed by atoms with Crippen molar-refractivity contribution in [2.75, 3.05) is 5.43 Å². The van der Waals surface area contributed by atoms with Crippen molar-refractivity contribution in [1.29, 1.82) is 0 Å². The minimum Gasteiger partial charge on any atom is -0.294 e. The highest BCUT2D eigenvalue weighted by atomic mass is 32.1. The molecule has 0 saturated carbocycles. The maximum Gasteiger partial charge on any atom is 0.198 e. The van der Waals surface area contributed by atoms with Gasteiger partial charge in [0.05, 0.1) is 10.2 Å². The van der Waals surface area contributed by atoms with Crippen molar-refractivity contribution in [2.24, 2.45) is 0 Å². The number of hydrogen-bond donors (Lipinski definition) is 1. The second-order valence-electron chi connectivity index (χ2n) is 5.59. The first-order valence-corrected chi connectivity index (χ1v) is 7.88. The Morgan fingerprint density at radius 1 is 1.26 bits per heavy atom. The van der Waals surface area contributed by atoms with E-state index in [0.29, 0.717) is 12.1 Å². The van der Waals surface area contributed by atoms with Gasteiger partial charge in [0.15, 0.2) is 5.13 Å². The Morgan fingerprint density at radius 2 is 2.00 bits per heavy atom. The second kappa shape index (κ2) is 5.10. The monoisotopic (exact) mass is 275 g/mol. The highest BCUT2D eigenvalue weighted by Gasteiger charge is 2.25. The van der Waals surface area contributed by atoms with Crippen molar-refractivity contribution in [1.82, 2.24) is 9.99 Å². The van der Waals surface area contributed by atoms with Gasteiger partial charge in [-0.1, -0.05) is 29.9 Å². The van der Waals surface area contributed by atoms with Crippen LogP contribution >= 0.6 is 11.3 Å². The molecule has 1 fully saturated rings. The smallest absolute Gasteiger partial charge is 0.198 e. The lowest BCUT2D eigenvalue weighted by molar-refractivity contribution is 0.136. The first-order chi connectivity index (χ1) is 9.15. The molecule has 1 aliphatic rings. The van der Waals surface area contributed by atoms with E-state index in [2.05, 4.69) is 49.4 Å². The summed E-state index contributed by atoms with van der Waals surface area (Å²) in [6, 6.07) is 7.53. The van der Waals surface area contributed by atoms with Crippen molar-refractivity contribution >= 4 is 26.7 Å². The van der Waals surface area contributed by atoms with Crippen molar-refractivity contribution in [3.8, 4) is 0 Å². The molecule has 3 rings (SSSR count). The molecule has 102 valence electrons. The largest absolute Gasteiger partial charge is 0.294 e. The van der Waals surface area contributed by atoms with Crippen LogP contribution in [-0.4, -0.2) is 22.1 Å². The van der Waals surface area contributed by atoms with E-state index < -0.39 is 0 Å². The lowest BCUT2D eigenvalue weighted by Gasteiger charge is -2.38. The Labute approximate surface area is 118 Å². The molecule has 2 unspecified atom stereocenters. The van der Waals surface area contributed by atoms with Crippen LogP contribution in [0.1, 0.15) is 38.7 Å². The molecule has 0 radical (unpaired) electrons. The summed E-state index contributed by atoms with van der Waals surface area (Å²) in [5, 5.41) is 3.39. The zero-order valence-corrected chi connectivity index (χ0v) is 12.6. The van der Waals surface area contributed by atoms with E-state index in [1.54, 1.807) is 11.3 Å². The molecule has 0 aliphatic carbocycles. The molecule has 0 spiro atoms. The molecule has 4 heteroatoms. The van der Waals surface area contributed by atoms with Crippen LogP contribution in [0.25, 0.3) is 10.2 Å². The van der Waals surface area contributed by atoms with Gasteiger partial charge in [-0.3, -0.25) is 5.43 Å². The van der Waals surface area contributed by atoms with Crippen LogP contribution in [0.4, 0.5) is 5.13 Å². The Kier molecular flexibility index (Phi) is 3.46. The number of hydrazine groups is 1. The molecule has 3 nitrogen and oxygen atoms in total. The van der Waals surface area contributed by atoms with Gasteiger partial charge in [0.25, 0.3) is 0 Å². The maximum absolute atomic E-state index is 4.74. The molecule has 19 heavy (non-hydrogen) atoms. The van der Waals surface area contributed by atoms with E-state index in [1.807, 2.05) is 0 Å². The molecule has 0 bridgehead atoms. The second-order valence-corrected chi connectivity index (χ2v) is 6.62. The zero-order chi connectivity index (χ0) is 13.4. The first kappa shape index (κ1) is 12.9. The van der Waals surface area contributed by atoms with Gasteiger partial charge < -0.3 is 0 Å². The SMILES string of the molecule is Cc1cccc2sc(NN3C(C)CCCC3C)nc12. The van der Waals surface area contributed by atoms with Gasteiger partial charge >= 0.3 is 0 Å². The molecule has 2 heterocycles. The van der Waals surface area contributed by atoms with E-state index in [0.717, 1.165) is 10.6 Å². The van der Waals surface area contributed by atoms with Gasteiger partial charge in [0, 0.05) is 12.1 Å². The number of aromatic nitrogens is 1. The molecule has 2 aromatic rings. The van der Waals surface area contributed by atoms with Gasteiger partial charge in [-0.15, -0.1) is 0 Å². The number of nitrogens with zero attached hydrogens (tertiary/aromatic N) is 2. The summed E-state index contributed by atoms with van der Waals surface area (Å²) in [5.74, 6) is 0. The zero-order valence-electron chi connectivity index (χ0n) is 11.8. The number of piperidine rings is 1. The molecule has 1 N–H and O–H groups in total. The topological polar surface area (TPSA) is 28.2 Å². The van der Waals surface area contributed by atoms with E-state index in [4.69, 9.17) is 4.98 Å². The van der Waals surface area contributed by atoms with E-state index in [9.17, 15) is 0 Å². The standard InChI is InChI=1S/C15H21N3S/c1-10-6-4-9-13-14(10)16-15(19-13)17-18-11(2)7-5-8-12(18)3/h4,6,9,11-12H,5,7-8H2,1-3H3,(H,16,17). The summed E-state index contributed by atoms with van der Waals surface area (Å²) in [6.07, 6.45) is 3.86. The molecule has 1 aromatic heterocycles. The number of para-hydroxylation sites is 1. The van der Waals surface area contributed by atoms with Gasteiger partial charge in [0.2, 0.25) is 0 Å². The number of rotatable bonds is 2. The van der Waals surface area contributed by atoms with E-state index >= 15 is 0 Å². The average Bonchev–Trinajstić information content (AvgIpc) is 2.78. The number of hydrogen-bond acceptors (Lipinski definition) is 4. The minimum absolute atomic E-state index is 0.580. The van der Waals surface area contributed by atoms with Crippen LogP contribution in [-0.2, 0) is 0 Å². The molecule has 1 aromatic carbocycles. The van der Waals surface area contributed by atoms with Crippen molar-refractivity contribution in [2.45, 2.75) is 52.1 Å². The molecule has 1 saturated heterocycles. The lowest BCUT2D eigenvalue weighted by atomic mass is 10.00. The van der Waals surface area contributed by atoms with Gasteiger partial charge in [-0.25, -0.2) is 9.99 Å². The van der Waals surface area contributed by atoms with Crippen molar-refractivity contribution in [3.63, 3.8) is 0 Å². The van der Waals surface area contributed by atoms with Crippen LogP contribution in [0.5, 0.6) is 0 Å². The van der Waals surface area contributed by atoms with E-state index in [-0.39, 0.29) is 0 Å². The molecule has 0 amide bonds. The Hall–Kier alpha value is -1.13. The third-order valence-electron chi connectivity index (χ3n) is 4.04. The van der Waals surface area contributed by atoms with Crippen molar-refractivity contribution in [3.05, 3.63) is 23.8 Å². The fraction of sp³-hybridized carbons (Fsp3) is 0.533. The summed E-state index contributed by atoms with van der Waals surface area (Å²) in [5.41, 5.74) is 5.92. The predicted molar refractivity (Wildman–Crippen MR) is 82.6 cm³/mol. The number of anilines is 1. The number of aryl methyl sites for hydroxylation is 1. The third kappa shape index (κ3) is 2.47. The Bertz CT molecular complexity index is 568. The van der Waals surface area contributed by atoms with Crippen LogP contribution in [0, 0.1) is 6.92 Å². The van der Waals surface area contributed by atoms with Crippen LogP contribution in [0.3, 0.4) is 0 Å². The average molecular weight is 275 g/mol. The highest BCUT2D eigenvalue weighted by molar-refractivity contribution is 7.22. The lowest BCUT2D eigenvalue weighted by Crippen LogP contribution is -2.47. The van der Waals surface area contributed by atoms with Gasteiger partial charge in [-0.05, 0) is 45.2 Å². The quantitative estimate of drug-likeness (QED) is 0.890. The number of benzene rings is 1. The number of nitrogens with one attached hydrogen (secondary N) is 1. The fourth-order valence-corrected chi connectivity index (χ4v) is 3.83. The summed E-state index contributed by atoms with van der Waals surface area (Å²) in [7, 11) is 0. The normalized spacial score (nSPS) is 24.8.